The van der Waals surface area contributed by atoms with Gasteiger partial charge in [-0.25, -0.2) is 0 Å². The lowest BCUT2D eigenvalue weighted by molar-refractivity contribution is 0.218. The highest BCUT2D eigenvalue weighted by molar-refractivity contribution is 5.33. The van der Waals surface area contributed by atoms with Gasteiger partial charge >= 0.3 is 0 Å². The van der Waals surface area contributed by atoms with Gasteiger partial charge in [0.05, 0.1) is 6.07 Å². The average Bonchev–Trinajstić information content (AvgIpc) is 2.69. The molecule has 1 heterocycles. The first kappa shape index (κ1) is 15.8. The number of ether oxygens (including phenoxy) is 1. The van der Waals surface area contributed by atoms with E-state index in [-0.39, 0.29) is 0 Å². The number of nitrogens with zero attached hydrogens (tertiary/aromatic N) is 2. The molecule has 0 aliphatic carbocycles. The monoisotopic (exact) mass is 287 g/mol. The van der Waals surface area contributed by atoms with Crippen molar-refractivity contribution in [1.29, 1.82) is 5.26 Å². The van der Waals surface area contributed by atoms with Crippen LogP contribution in [-0.4, -0.2) is 36.7 Å². The normalized spacial score (nSPS) is 18.0. The van der Waals surface area contributed by atoms with Crippen LogP contribution in [0.25, 0.3) is 0 Å². The lowest BCUT2D eigenvalue weighted by Crippen LogP contribution is -2.41. The summed E-state index contributed by atoms with van der Waals surface area (Å²) in [5.74, 6) is 1.01. The molecular weight excluding hydrogens is 262 g/mol. The molecular formula is C17H25N3O. The van der Waals surface area contributed by atoms with Gasteiger partial charge in [-0.3, -0.25) is 10.2 Å². The number of nitrogens with one attached hydrogen (secondary N) is 1. The van der Waals surface area contributed by atoms with Gasteiger partial charge < -0.3 is 4.74 Å². The van der Waals surface area contributed by atoms with Gasteiger partial charge in [-0.1, -0.05) is 25.1 Å². The first-order valence-electron chi connectivity index (χ1n) is 7.76. The standard InChI is InChI=1S/C17H25N3O/c1-3-19-17(2,14-18)9-6-10-20-11-12-21-16-8-5-4-7-15(16)13-20/h4-5,7-8,19H,3,6,9-13H2,1-2H3. The Kier molecular flexibility index (Phi) is 5.60. The maximum absolute atomic E-state index is 9.28. The first-order valence-corrected chi connectivity index (χ1v) is 7.76. The van der Waals surface area contributed by atoms with Crippen LogP contribution in [0.4, 0.5) is 0 Å². The molecule has 4 heteroatoms. The molecule has 0 spiro atoms. The second-order valence-corrected chi connectivity index (χ2v) is 5.81. The molecule has 1 unspecified atom stereocenters. The summed E-state index contributed by atoms with van der Waals surface area (Å²) in [4.78, 5) is 2.41. The van der Waals surface area contributed by atoms with Gasteiger partial charge in [-0.15, -0.1) is 0 Å². The third-order valence-corrected chi connectivity index (χ3v) is 4.00. The summed E-state index contributed by atoms with van der Waals surface area (Å²) < 4.78 is 5.78. The highest BCUT2D eigenvalue weighted by Gasteiger charge is 2.22. The van der Waals surface area contributed by atoms with Gasteiger partial charge in [0.15, 0.2) is 0 Å². The minimum Gasteiger partial charge on any atom is -0.492 e. The smallest absolute Gasteiger partial charge is 0.123 e. The number of fused-ring (bicyclic) bond motifs is 1. The molecule has 21 heavy (non-hydrogen) atoms. The minimum absolute atomic E-state index is 0.408. The predicted octanol–water partition coefficient (Wildman–Crippen LogP) is 2.55. The van der Waals surface area contributed by atoms with Gasteiger partial charge in [-0.05, 0) is 38.9 Å². The lowest BCUT2D eigenvalue weighted by atomic mass is 9.97. The van der Waals surface area contributed by atoms with E-state index in [0.29, 0.717) is 0 Å². The van der Waals surface area contributed by atoms with E-state index in [1.54, 1.807) is 0 Å². The Hall–Kier alpha value is -1.57. The van der Waals surface area contributed by atoms with Crippen LogP contribution in [-0.2, 0) is 6.54 Å². The highest BCUT2D eigenvalue weighted by Crippen LogP contribution is 2.22. The lowest BCUT2D eigenvalue weighted by Gasteiger charge is -2.25. The van der Waals surface area contributed by atoms with Crippen molar-refractivity contribution in [3.8, 4) is 11.8 Å². The average molecular weight is 287 g/mol. The number of rotatable bonds is 6. The van der Waals surface area contributed by atoms with Crippen LogP contribution in [0.5, 0.6) is 5.75 Å². The second kappa shape index (κ2) is 7.44. The fourth-order valence-electron chi connectivity index (χ4n) is 2.80. The Balaban J connectivity index is 1.86. The zero-order valence-electron chi connectivity index (χ0n) is 13.1. The van der Waals surface area contributed by atoms with E-state index < -0.39 is 5.54 Å². The van der Waals surface area contributed by atoms with Gasteiger partial charge in [0.2, 0.25) is 0 Å². The molecule has 0 saturated heterocycles. The number of nitriles is 1. The van der Waals surface area contributed by atoms with Crippen LogP contribution in [0.15, 0.2) is 24.3 Å². The zero-order chi connectivity index (χ0) is 15.1. The molecule has 0 bridgehead atoms. The van der Waals surface area contributed by atoms with Gasteiger partial charge in [0.1, 0.15) is 17.9 Å². The summed E-state index contributed by atoms with van der Waals surface area (Å²) in [6.45, 7) is 8.46. The zero-order valence-corrected chi connectivity index (χ0v) is 13.1. The van der Waals surface area contributed by atoms with Gasteiger partial charge in [0.25, 0.3) is 0 Å². The summed E-state index contributed by atoms with van der Waals surface area (Å²) in [6.07, 6.45) is 1.88. The Morgan fingerprint density at radius 3 is 3.00 bits per heavy atom. The minimum atomic E-state index is -0.408. The van der Waals surface area contributed by atoms with Crippen molar-refractivity contribution in [3.63, 3.8) is 0 Å². The summed E-state index contributed by atoms with van der Waals surface area (Å²) in [5.41, 5.74) is 0.847. The molecule has 1 aromatic rings. The maximum atomic E-state index is 9.28. The van der Waals surface area contributed by atoms with Crippen molar-refractivity contribution < 1.29 is 4.74 Å². The van der Waals surface area contributed by atoms with E-state index in [1.165, 1.54) is 5.56 Å². The van der Waals surface area contributed by atoms with Crippen LogP contribution in [0.3, 0.4) is 0 Å². The Morgan fingerprint density at radius 1 is 1.43 bits per heavy atom. The fourth-order valence-corrected chi connectivity index (χ4v) is 2.80. The van der Waals surface area contributed by atoms with Crippen LogP contribution in [0, 0.1) is 11.3 Å². The van der Waals surface area contributed by atoms with Gasteiger partial charge in [-0.2, -0.15) is 5.26 Å². The molecule has 1 N–H and O–H groups in total. The highest BCUT2D eigenvalue weighted by atomic mass is 16.5. The number of hydrogen-bond acceptors (Lipinski definition) is 4. The van der Waals surface area contributed by atoms with E-state index in [4.69, 9.17) is 4.74 Å². The molecule has 0 aromatic heterocycles. The molecule has 0 amide bonds. The van der Waals surface area contributed by atoms with Crippen molar-refractivity contribution in [2.24, 2.45) is 0 Å². The molecule has 1 aliphatic heterocycles. The summed E-state index contributed by atoms with van der Waals surface area (Å²) in [6, 6.07) is 10.6. The Bertz CT molecular complexity index is 497. The van der Waals surface area contributed by atoms with Crippen LogP contribution in [0.2, 0.25) is 0 Å². The topological polar surface area (TPSA) is 48.3 Å². The van der Waals surface area contributed by atoms with Crippen molar-refractivity contribution in [2.75, 3.05) is 26.2 Å². The quantitative estimate of drug-likeness (QED) is 0.873. The molecule has 1 aliphatic rings. The molecule has 1 aromatic carbocycles. The molecule has 0 saturated carbocycles. The number of benzene rings is 1. The molecule has 2 rings (SSSR count). The first-order chi connectivity index (χ1) is 10.2. The van der Waals surface area contributed by atoms with Crippen molar-refractivity contribution >= 4 is 0 Å². The molecule has 0 fully saturated rings. The van der Waals surface area contributed by atoms with Crippen molar-refractivity contribution in [2.45, 2.75) is 38.8 Å². The SMILES string of the molecule is CCNC(C)(C#N)CCCN1CCOc2ccccc2C1. The van der Waals surface area contributed by atoms with E-state index in [0.717, 1.165) is 51.4 Å². The Morgan fingerprint density at radius 2 is 2.24 bits per heavy atom. The number of para-hydroxylation sites is 1. The maximum Gasteiger partial charge on any atom is 0.123 e. The molecule has 4 nitrogen and oxygen atoms in total. The summed E-state index contributed by atoms with van der Waals surface area (Å²) in [7, 11) is 0. The number of hydrogen-bond donors (Lipinski definition) is 1. The van der Waals surface area contributed by atoms with E-state index in [1.807, 2.05) is 26.0 Å². The van der Waals surface area contributed by atoms with Crippen LogP contribution >= 0.6 is 0 Å². The van der Waals surface area contributed by atoms with Crippen LogP contribution in [0.1, 0.15) is 32.3 Å². The summed E-state index contributed by atoms with van der Waals surface area (Å²) in [5, 5.41) is 12.6. The van der Waals surface area contributed by atoms with E-state index in [2.05, 4.69) is 28.4 Å². The molecule has 114 valence electrons. The predicted molar refractivity (Wildman–Crippen MR) is 84.1 cm³/mol. The third kappa shape index (κ3) is 4.45. The van der Waals surface area contributed by atoms with Gasteiger partial charge in [0, 0.05) is 18.7 Å². The Labute approximate surface area is 127 Å². The van der Waals surface area contributed by atoms with E-state index in [9.17, 15) is 5.26 Å². The molecule has 1 atom stereocenters. The van der Waals surface area contributed by atoms with Crippen LogP contribution < -0.4 is 10.1 Å². The van der Waals surface area contributed by atoms with Crippen molar-refractivity contribution in [1.82, 2.24) is 10.2 Å². The van der Waals surface area contributed by atoms with E-state index >= 15 is 0 Å². The fraction of sp³-hybridized carbons (Fsp3) is 0.588. The molecule has 0 radical (unpaired) electrons. The third-order valence-electron chi connectivity index (χ3n) is 4.00. The second-order valence-electron chi connectivity index (χ2n) is 5.81. The van der Waals surface area contributed by atoms with Crippen molar-refractivity contribution in [3.05, 3.63) is 29.8 Å². The summed E-state index contributed by atoms with van der Waals surface area (Å²) >= 11 is 0. The largest absolute Gasteiger partial charge is 0.492 e.